The highest BCUT2D eigenvalue weighted by Crippen LogP contribution is 2.34. The molecule has 0 aliphatic carbocycles. The highest BCUT2D eigenvalue weighted by atomic mass is 32.1. The zero-order chi connectivity index (χ0) is 26.5. The minimum atomic E-state index is -1.07. The molecule has 3 amide bonds. The van der Waals surface area contributed by atoms with Gasteiger partial charge in [0.05, 0.1) is 18.9 Å². The van der Waals surface area contributed by atoms with Crippen LogP contribution in [0.5, 0.6) is 5.75 Å². The lowest BCUT2D eigenvalue weighted by atomic mass is 10.0. The van der Waals surface area contributed by atoms with Gasteiger partial charge in [-0.05, 0) is 49.0 Å². The number of carbonyl (C=O) groups excluding carboxylic acids is 3. The Morgan fingerprint density at radius 2 is 2.00 bits per heavy atom. The van der Waals surface area contributed by atoms with Gasteiger partial charge in [-0.25, -0.2) is 0 Å². The third-order valence-electron chi connectivity index (χ3n) is 6.13. The summed E-state index contributed by atoms with van der Waals surface area (Å²) in [5.41, 5.74) is 13.2. The van der Waals surface area contributed by atoms with Crippen LogP contribution in [0.15, 0.2) is 48.5 Å². The lowest BCUT2D eigenvalue weighted by molar-refractivity contribution is -0.123. The van der Waals surface area contributed by atoms with Crippen LogP contribution in [0.25, 0.3) is 0 Å². The standard InChI is InChI=1S/C26H29N5O5S/c1-15-8-10-16(11-9-15)22(25(33)29-14-19-7-4-12-36-19)31(17-5-3-6-18(13-17)35-2)26(34)23-20(27)21(24(28)32)30-37-23/h3,5-6,8-11,13,19,22H,4,7,12,14,27H2,1-2H3,(H2,28,32)(H,29,33)/t19-,22-/m0/s1. The first-order valence-corrected chi connectivity index (χ1v) is 12.6. The number of nitrogens with zero attached hydrogens (tertiary/aromatic N) is 2. The smallest absolute Gasteiger partial charge is 0.273 e. The van der Waals surface area contributed by atoms with Crippen LogP contribution in [-0.2, 0) is 9.53 Å². The Balaban J connectivity index is 1.82. The third kappa shape index (κ3) is 5.73. The van der Waals surface area contributed by atoms with E-state index in [1.807, 2.05) is 19.1 Å². The maximum absolute atomic E-state index is 14.1. The number of aromatic nitrogens is 1. The summed E-state index contributed by atoms with van der Waals surface area (Å²) in [7, 11) is 1.51. The highest BCUT2D eigenvalue weighted by molar-refractivity contribution is 7.09. The molecule has 1 aliphatic heterocycles. The SMILES string of the molecule is COc1cccc(N(C(=O)c2snc(C(N)=O)c2N)[C@H](C(=O)NC[C@@H]2CCCO2)c2ccc(C)cc2)c1. The molecular weight excluding hydrogens is 494 g/mol. The Kier molecular flexibility index (Phi) is 8.04. The van der Waals surface area contributed by atoms with E-state index in [1.165, 1.54) is 12.0 Å². The van der Waals surface area contributed by atoms with Crippen LogP contribution in [0, 0.1) is 6.92 Å². The van der Waals surface area contributed by atoms with Crippen molar-refractivity contribution in [3.63, 3.8) is 0 Å². The summed E-state index contributed by atoms with van der Waals surface area (Å²) in [5, 5.41) is 2.95. The predicted molar refractivity (Wildman–Crippen MR) is 141 cm³/mol. The summed E-state index contributed by atoms with van der Waals surface area (Å²) in [6.07, 6.45) is 1.70. The van der Waals surface area contributed by atoms with Gasteiger partial charge in [-0.2, -0.15) is 4.37 Å². The molecular formula is C26H29N5O5S. The van der Waals surface area contributed by atoms with E-state index in [0.717, 1.165) is 29.9 Å². The fourth-order valence-corrected chi connectivity index (χ4v) is 4.91. The van der Waals surface area contributed by atoms with Crippen molar-refractivity contribution in [1.29, 1.82) is 0 Å². The molecule has 0 radical (unpaired) electrons. The van der Waals surface area contributed by atoms with Crippen LogP contribution < -0.4 is 26.4 Å². The number of ether oxygens (including phenoxy) is 2. The molecule has 0 saturated carbocycles. The first-order valence-electron chi connectivity index (χ1n) is 11.8. The first kappa shape index (κ1) is 26.1. The van der Waals surface area contributed by atoms with Crippen LogP contribution in [-0.4, -0.2) is 48.5 Å². The lowest BCUT2D eigenvalue weighted by Crippen LogP contribution is -2.45. The molecule has 194 valence electrons. The van der Waals surface area contributed by atoms with Gasteiger partial charge in [0.15, 0.2) is 5.69 Å². The molecule has 1 fully saturated rings. The average Bonchev–Trinajstić information content (AvgIpc) is 3.56. The summed E-state index contributed by atoms with van der Waals surface area (Å²) < 4.78 is 15.0. The molecule has 2 heterocycles. The van der Waals surface area contributed by atoms with E-state index in [4.69, 9.17) is 20.9 Å². The minimum Gasteiger partial charge on any atom is -0.497 e. The Bertz CT molecular complexity index is 1290. The van der Waals surface area contributed by atoms with Gasteiger partial charge in [-0.15, -0.1) is 0 Å². The van der Waals surface area contributed by atoms with Crippen molar-refractivity contribution in [1.82, 2.24) is 9.69 Å². The number of hydrogen-bond donors (Lipinski definition) is 3. The second kappa shape index (κ2) is 11.4. The van der Waals surface area contributed by atoms with Crippen molar-refractivity contribution >= 4 is 40.6 Å². The zero-order valence-corrected chi connectivity index (χ0v) is 21.4. The summed E-state index contributed by atoms with van der Waals surface area (Å²) >= 11 is 0.756. The van der Waals surface area contributed by atoms with Gasteiger partial charge in [0.25, 0.3) is 11.8 Å². The highest BCUT2D eigenvalue weighted by Gasteiger charge is 2.36. The van der Waals surface area contributed by atoms with Gasteiger partial charge in [-0.3, -0.25) is 19.3 Å². The van der Waals surface area contributed by atoms with E-state index < -0.39 is 23.8 Å². The molecule has 1 aliphatic rings. The predicted octanol–water partition coefficient (Wildman–Crippen LogP) is 2.82. The third-order valence-corrected chi connectivity index (χ3v) is 6.98. The number of anilines is 2. The fourth-order valence-electron chi connectivity index (χ4n) is 4.17. The zero-order valence-electron chi connectivity index (χ0n) is 20.6. The van der Waals surface area contributed by atoms with Crippen LogP contribution in [0.2, 0.25) is 0 Å². The van der Waals surface area contributed by atoms with E-state index in [2.05, 4.69) is 9.69 Å². The number of rotatable bonds is 9. The van der Waals surface area contributed by atoms with E-state index >= 15 is 0 Å². The molecule has 2 aromatic carbocycles. The van der Waals surface area contributed by atoms with Gasteiger partial charge in [0.1, 0.15) is 16.7 Å². The van der Waals surface area contributed by atoms with Crippen molar-refractivity contribution in [3.05, 3.63) is 70.2 Å². The monoisotopic (exact) mass is 523 g/mol. The average molecular weight is 524 g/mol. The summed E-state index contributed by atoms with van der Waals surface area (Å²) in [5.74, 6) is -1.35. The number of amides is 3. The summed E-state index contributed by atoms with van der Waals surface area (Å²) in [6, 6.07) is 13.1. The van der Waals surface area contributed by atoms with Crippen molar-refractivity contribution in [2.45, 2.75) is 31.9 Å². The topological polar surface area (TPSA) is 150 Å². The second-order valence-corrected chi connectivity index (χ2v) is 9.48. The van der Waals surface area contributed by atoms with Crippen molar-refractivity contribution in [2.75, 3.05) is 30.9 Å². The van der Waals surface area contributed by atoms with E-state index in [0.29, 0.717) is 30.2 Å². The molecule has 0 unspecified atom stereocenters. The molecule has 10 nitrogen and oxygen atoms in total. The number of aryl methyl sites for hydroxylation is 1. The minimum absolute atomic E-state index is 0.000609. The number of nitrogens with one attached hydrogen (secondary N) is 1. The molecule has 0 spiro atoms. The maximum atomic E-state index is 14.1. The van der Waals surface area contributed by atoms with Crippen LogP contribution in [0.4, 0.5) is 11.4 Å². The van der Waals surface area contributed by atoms with Crippen molar-refractivity contribution < 1.29 is 23.9 Å². The number of hydrogen-bond acceptors (Lipinski definition) is 8. The Morgan fingerprint density at radius 1 is 1.24 bits per heavy atom. The maximum Gasteiger partial charge on any atom is 0.273 e. The molecule has 3 aromatic rings. The number of carbonyl (C=O) groups is 3. The van der Waals surface area contributed by atoms with Crippen molar-refractivity contribution in [2.24, 2.45) is 5.73 Å². The number of nitrogen functional groups attached to an aromatic ring is 1. The first-order chi connectivity index (χ1) is 17.8. The number of primary amides is 1. The number of methoxy groups -OCH3 is 1. The van der Waals surface area contributed by atoms with Gasteiger partial charge < -0.3 is 26.3 Å². The molecule has 1 saturated heterocycles. The Hall–Kier alpha value is -3.96. The van der Waals surface area contributed by atoms with Crippen molar-refractivity contribution in [3.8, 4) is 5.75 Å². The second-order valence-electron chi connectivity index (χ2n) is 8.71. The number of benzene rings is 2. The van der Waals surface area contributed by atoms with E-state index in [-0.39, 0.29) is 22.4 Å². The lowest BCUT2D eigenvalue weighted by Gasteiger charge is -2.32. The van der Waals surface area contributed by atoms with Crippen LogP contribution >= 0.6 is 11.5 Å². The molecule has 2 atom stereocenters. The van der Waals surface area contributed by atoms with Gasteiger partial charge >= 0.3 is 0 Å². The molecule has 4 rings (SSSR count). The molecule has 0 bridgehead atoms. The van der Waals surface area contributed by atoms with Gasteiger partial charge in [0, 0.05) is 24.9 Å². The fraction of sp³-hybridized carbons (Fsp3) is 0.308. The molecule has 37 heavy (non-hydrogen) atoms. The molecule has 11 heteroatoms. The van der Waals surface area contributed by atoms with Crippen LogP contribution in [0.3, 0.4) is 0 Å². The summed E-state index contributed by atoms with van der Waals surface area (Å²) in [6.45, 7) is 2.91. The van der Waals surface area contributed by atoms with E-state index in [1.54, 1.807) is 36.4 Å². The number of nitrogens with two attached hydrogens (primary N) is 2. The molecule has 5 N–H and O–H groups in total. The van der Waals surface area contributed by atoms with Gasteiger partial charge in [-0.1, -0.05) is 35.9 Å². The molecule has 1 aromatic heterocycles. The Labute approximate surface area is 218 Å². The largest absolute Gasteiger partial charge is 0.497 e. The summed E-state index contributed by atoms with van der Waals surface area (Å²) in [4.78, 5) is 40.9. The Morgan fingerprint density at radius 3 is 2.62 bits per heavy atom. The van der Waals surface area contributed by atoms with Crippen LogP contribution in [0.1, 0.15) is 50.2 Å². The normalized spacial score (nSPS) is 15.7. The van der Waals surface area contributed by atoms with E-state index in [9.17, 15) is 14.4 Å². The van der Waals surface area contributed by atoms with Gasteiger partial charge in [0.2, 0.25) is 5.91 Å². The quantitative estimate of drug-likeness (QED) is 0.390.